The summed E-state index contributed by atoms with van der Waals surface area (Å²) in [5.41, 5.74) is 8.97. The molecule has 148 valence electrons. The van der Waals surface area contributed by atoms with Crippen LogP contribution >= 0.6 is 0 Å². The van der Waals surface area contributed by atoms with Crippen LogP contribution in [0.25, 0.3) is 22.5 Å². The highest BCUT2D eigenvalue weighted by atomic mass is 16.1. The first kappa shape index (κ1) is 19.9. The lowest BCUT2D eigenvalue weighted by molar-refractivity contribution is 0.101. The zero-order valence-electron chi connectivity index (χ0n) is 16.5. The van der Waals surface area contributed by atoms with Gasteiger partial charge in [0, 0.05) is 42.3 Å². The van der Waals surface area contributed by atoms with Crippen LogP contribution in [0.15, 0.2) is 30.7 Å². The Hall–Kier alpha value is -3.80. The largest absolute Gasteiger partial charge is 0.383 e. The third-order valence-electron chi connectivity index (χ3n) is 4.28. The van der Waals surface area contributed by atoms with Gasteiger partial charge in [-0.25, -0.2) is 15.0 Å². The Labute approximate surface area is 168 Å². The van der Waals surface area contributed by atoms with Crippen molar-refractivity contribution in [2.24, 2.45) is 0 Å². The molecule has 29 heavy (non-hydrogen) atoms. The normalized spacial score (nSPS) is 10.7. The highest BCUT2D eigenvalue weighted by Crippen LogP contribution is 2.32. The third kappa shape index (κ3) is 4.38. The van der Waals surface area contributed by atoms with Gasteiger partial charge < -0.3 is 11.1 Å². The lowest BCUT2D eigenvalue weighted by Gasteiger charge is -2.07. The van der Waals surface area contributed by atoms with E-state index in [1.54, 1.807) is 24.5 Å². The Bertz CT molecular complexity index is 1080. The number of hydrogen-bond acceptors (Lipinski definition) is 8. The quantitative estimate of drug-likeness (QED) is 0.464. The topological polar surface area (TPSA) is 135 Å². The molecule has 0 aromatic carbocycles. The molecule has 0 saturated heterocycles. The molecule has 0 amide bonds. The number of pyridine rings is 1. The summed E-state index contributed by atoms with van der Waals surface area (Å²) >= 11 is 0. The predicted molar refractivity (Wildman–Crippen MR) is 110 cm³/mol. The average molecular weight is 390 g/mol. The smallest absolute Gasteiger partial charge is 0.223 e. The van der Waals surface area contributed by atoms with Gasteiger partial charge in [-0.3, -0.25) is 9.48 Å². The summed E-state index contributed by atoms with van der Waals surface area (Å²) < 4.78 is 1.83. The Kier molecular flexibility index (Phi) is 5.83. The van der Waals surface area contributed by atoms with Gasteiger partial charge in [-0.1, -0.05) is 0 Å². The van der Waals surface area contributed by atoms with Crippen LogP contribution in [-0.2, 0) is 0 Å². The summed E-state index contributed by atoms with van der Waals surface area (Å²) in [6.45, 7) is 5.96. The van der Waals surface area contributed by atoms with Crippen LogP contribution in [0.3, 0.4) is 0 Å². The summed E-state index contributed by atoms with van der Waals surface area (Å²) in [4.78, 5) is 24.8. The van der Waals surface area contributed by atoms with Crippen molar-refractivity contribution >= 4 is 17.5 Å². The molecule has 0 unspecified atom stereocenters. The SMILES string of the molecule is CC(=O)c1cc(-c2nn(C(C)C)cc2-c2ccnc(NCCC#N)n2)cnc1N. The molecule has 9 heteroatoms. The summed E-state index contributed by atoms with van der Waals surface area (Å²) in [5, 5.41) is 16.4. The van der Waals surface area contributed by atoms with Crippen LogP contribution < -0.4 is 11.1 Å². The van der Waals surface area contributed by atoms with Crippen molar-refractivity contribution in [3.8, 4) is 28.6 Å². The van der Waals surface area contributed by atoms with Gasteiger partial charge >= 0.3 is 0 Å². The number of Topliss-reactive ketones (excluding diaryl/α,β-unsaturated/α-hetero) is 1. The van der Waals surface area contributed by atoms with Gasteiger partial charge in [-0.2, -0.15) is 10.4 Å². The van der Waals surface area contributed by atoms with Crippen LogP contribution in [-0.4, -0.2) is 37.1 Å². The maximum Gasteiger partial charge on any atom is 0.223 e. The van der Waals surface area contributed by atoms with E-state index >= 15 is 0 Å². The van der Waals surface area contributed by atoms with E-state index in [2.05, 4.69) is 26.3 Å². The molecular weight excluding hydrogens is 368 g/mol. The molecule has 0 fully saturated rings. The number of carbonyl (C=O) groups excluding carboxylic acids is 1. The fourth-order valence-electron chi connectivity index (χ4n) is 2.77. The van der Waals surface area contributed by atoms with E-state index in [0.29, 0.717) is 41.4 Å². The lowest BCUT2D eigenvalue weighted by Crippen LogP contribution is -2.05. The summed E-state index contributed by atoms with van der Waals surface area (Å²) in [5.74, 6) is 0.464. The Morgan fingerprint density at radius 2 is 2.17 bits per heavy atom. The molecule has 3 N–H and O–H groups in total. The monoisotopic (exact) mass is 390 g/mol. The first-order valence-electron chi connectivity index (χ1n) is 9.21. The zero-order valence-corrected chi connectivity index (χ0v) is 16.5. The van der Waals surface area contributed by atoms with Crippen LogP contribution in [0, 0.1) is 11.3 Å². The average Bonchev–Trinajstić information content (AvgIpc) is 3.14. The molecule has 3 rings (SSSR count). The van der Waals surface area contributed by atoms with Crippen LogP contribution in [0.2, 0.25) is 0 Å². The molecule has 3 aromatic heterocycles. The summed E-state index contributed by atoms with van der Waals surface area (Å²) in [6, 6.07) is 5.70. The van der Waals surface area contributed by atoms with Crippen molar-refractivity contribution in [3.63, 3.8) is 0 Å². The zero-order chi connectivity index (χ0) is 21.0. The van der Waals surface area contributed by atoms with Crippen molar-refractivity contribution in [1.82, 2.24) is 24.7 Å². The first-order valence-corrected chi connectivity index (χ1v) is 9.21. The van der Waals surface area contributed by atoms with E-state index < -0.39 is 0 Å². The fourth-order valence-corrected chi connectivity index (χ4v) is 2.77. The molecule has 0 aliphatic carbocycles. The number of nitrogens with zero attached hydrogens (tertiary/aromatic N) is 6. The van der Waals surface area contributed by atoms with E-state index in [4.69, 9.17) is 16.1 Å². The Morgan fingerprint density at radius 3 is 2.86 bits per heavy atom. The van der Waals surface area contributed by atoms with E-state index in [-0.39, 0.29) is 17.6 Å². The highest BCUT2D eigenvalue weighted by Gasteiger charge is 2.18. The predicted octanol–water partition coefficient (Wildman–Crippen LogP) is 3.09. The minimum atomic E-state index is -0.160. The molecule has 3 aromatic rings. The van der Waals surface area contributed by atoms with Crippen molar-refractivity contribution in [1.29, 1.82) is 5.26 Å². The van der Waals surface area contributed by atoms with Gasteiger partial charge in [0.15, 0.2) is 5.78 Å². The van der Waals surface area contributed by atoms with Gasteiger partial charge in [-0.05, 0) is 32.9 Å². The van der Waals surface area contributed by atoms with Crippen LogP contribution in [0.5, 0.6) is 0 Å². The molecule has 0 bridgehead atoms. The highest BCUT2D eigenvalue weighted by molar-refractivity contribution is 5.99. The van der Waals surface area contributed by atoms with Crippen molar-refractivity contribution in [2.75, 3.05) is 17.6 Å². The molecule has 3 heterocycles. The Balaban J connectivity index is 2.09. The molecule has 0 atom stereocenters. The minimum absolute atomic E-state index is 0.131. The van der Waals surface area contributed by atoms with E-state index in [1.165, 1.54) is 6.92 Å². The lowest BCUT2D eigenvalue weighted by atomic mass is 10.0. The van der Waals surface area contributed by atoms with Crippen molar-refractivity contribution in [3.05, 3.63) is 36.3 Å². The number of anilines is 2. The second kappa shape index (κ2) is 8.48. The minimum Gasteiger partial charge on any atom is -0.383 e. The number of nitrogen functional groups attached to an aromatic ring is 1. The van der Waals surface area contributed by atoms with Gasteiger partial charge in [0.05, 0.1) is 23.7 Å². The van der Waals surface area contributed by atoms with Gasteiger partial charge in [-0.15, -0.1) is 0 Å². The molecule has 0 spiro atoms. The van der Waals surface area contributed by atoms with Crippen molar-refractivity contribution in [2.45, 2.75) is 33.2 Å². The molecular formula is C20H22N8O. The number of aromatic nitrogens is 5. The van der Waals surface area contributed by atoms with Gasteiger partial charge in [0.1, 0.15) is 11.5 Å². The second-order valence-electron chi connectivity index (χ2n) is 6.78. The van der Waals surface area contributed by atoms with E-state index in [9.17, 15) is 4.79 Å². The molecule has 0 saturated carbocycles. The molecule has 0 radical (unpaired) electrons. The third-order valence-corrected chi connectivity index (χ3v) is 4.28. The number of hydrogen-bond donors (Lipinski definition) is 2. The van der Waals surface area contributed by atoms with E-state index in [1.807, 2.05) is 24.7 Å². The second-order valence-corrected chi connectivity index (χ2v) is 6.78. The number of rotatable bonds is 7. The maximum atomic E-state index is 11.9. The number of nitrogens with two attached hydrogens (primary N) is 1. The summed E-state index contributed by atoms with van der Waals surface area (Å²) in [6.07, 6.45) is 5.52. The standard InChI is InChI=1S/C20H22N8O/c1-12(2)28-11-16(17-5-8-24-20(26-17)23-7-4-6-21)18(27-28)14-9-15(13(3)29)19(22)25-10-14/h5,8-12H,4,7H2,1-3H3,(H2,22,25)(H,23,24,26). The molecule has 0 aliphatic heterocycles. The van der Waals surface area contributed by atoms with Crippen LogP contribution in [0.4, 0.5) is 11.8 Å². The van der Waals surface area contributed by atoms with E-state index in [0.717, 1.165) is 5.56 Å². The number of carbonyl (C=O) groups is 1. The van der Waals surface area contributed by atoms with Gasteiger partial charge in [0.25, 0.3) is 0 Å². The van der Waals surface area contributed by atoms with Gasteiger partial charge in [0.2, 0.25) is 5.95 Å². The number of nitriles is 1. The van der Waals surface area contributed by atoms with Crippen molar-refractivity contribution < 1.29 is 4.79 Å². The fraction of sp³-hybridized carbons (Fsp3) is 0.300. The molecule has 0 aliphatic rings. The summed E-state index contributed by atoms with van der Waals surface area (Å²) in [7, 11) is 0. The Morgan fingerprint density at radius 1 is 1.38 bits per heavy atom. The number of nitrogens with one attached hydrogen (secondary N) is 1. The first-order chi connectivity index (χ1) is 13.9. The molecule has 9 nitrogen and oxygen atoms in total. The number of ketones is 1. The van der Waals surface area contributed by atoms with Crippen LogP contribution in [0.1, 0.15) is 43.6 Å². The maximum absolute atomic E-state index is 11.9.